The Morgan fingerprint density at radius 2 is 2.23 bits per heavy atom. The Kier molecular flexibility index (Phi) is 10.6. The van der Waals surface area contributed by atoms with Crippen LogP contribution in [0.4, 0.5) is 0 Å². The fraction of sp³-hybridized carbons (Fsp3) is 0.682. The zero-order valence-corrected chi connectivity index (χ0v) is 18.9. The highest BCUT2D eigenvalue weighted by Crippen LogP contribution is 2.07. The van der Waals surface area contributed by atoms with Crippen molar-refractivity contribution in [2.45, 2.75) is 33.3 Å². The number of nitrogens with one attached hydrogen (secondary N) is 2. The average molecular weight is 419 g/mol. The monoisotopic (exact) mass is 418 g/mol. The minimum absolute atomic E-state index is 0.0137. The number of aliphatic imine (C=N–C) groups is 1. The van der Waals surface area contributed by atoms with Crippen LogP contribution in [-0.2, 0) is 16.0 Å². The minimum atomic E-state index is -0.0137. The summed E-state index contributed by atoms with van der Waals surface area (Å²) in [5.41, 5.74) is 0.981. The van der Waals surface area contributed by atoms with Crippen molar-refractivity contribution in [3.63, 3.8) is 0 Å². The van der Waals surface area contributed by atoms with E-state index in [0.29, 0.717) is 25.0 Å². The topological polar surface area (TPSA) is 82.1 Å². The maximum Gasteiger partial charge on any atom is 0.244 e. The number of rotatable bonds is 10. The summed E-state index contributed by atoms with van der Waals surface area (Å²) in [7, 11) is 1.81. The maximum atomic E-state index is 12.4. The van der Waals surface area contributed by atoms with Gasteiger partial charge in [-0.3, -0.25) is 14.7 Å². The molecule has 2 N–H and O–H groups in total. The Morgan fingerprint density at radius 3 is 2.93 bits per heavy atom. The highest BCUT2D eigenvalue weighted by atomic mass is 16.5. The highest BCUT2D eigenvalue weighted by molar-refractivity contribution is 5.84. The molecule has 168 valence electrons. The first-order valence-corrected chi connectivity index (χ1v) is 11.0. The molecule has 0 bridgehead atoms. The van der Waals surface area contributed by atoms with Gasteiger partial charge in [-0.1, -0.05) is 19.9 Å². The number of carbonyl (C=O) groups is 1. The van der Waals surface area contributed by atoms with E-state index in [4.69, 9.17) is 4.74 Å². The molecule has 1 aromatic heterocycles. The lowest BCUT2D eigenvalue weighted by atomic mass is 10.2. The first-order valence-electron chi connectivity index (χ1n) is 11.0. The summed E-state index contributed by atoms with van der Waals surface area (Å²) in [5.74, 6) is 1.28. The van der Waals surface area contributed by atoms with Gasteiger partial charge in [0.1, 0.15) is 6.54 Å². The molecule has 2 heterocycles. The minimum Gasteiger partial charge on any atom is -0.374 e. The first-order chi connectivity index (χ1) is 14.5. The molecule has 1 fully saturated rings. The second kappa shape index (κ2) is 13.2. The number of hydrogen-bond donors (Lipinski definition) is 2. The molecule has 2 rings (SSSR count). The number of guanidine groups is 1. The van der Waals surface area contributed by atoms with Crippen LogP contribution in [0.5, 0.6) is 0 Å². The lowest BCUT2D eigenvalue weighted by Crippen LogP contribution is -2.50. The molecule has 1 aliphatic rings. The van der Waals surface area contributed by atoms with Gasteiger partial charge in [0, 0.05) is 64.6 Å². The van der Waals surface area contributed by atoms with Crippen LogP contribution in [-0.4, -0.2) is 92.2 Å². The molecule has 1 saturated heterocycles. The molecule has 0 aliphatic carbocycles. The molecule has 1 amide bonds. The zero-order valence-electron chi connectivity index (χ0n) is 18.9. The van der Waals surface area contributed by atoms with Crippen molar-refractivity contribution < 1.29 is 9.53 Å². The van der Waals surface area contributed by atoms with Crippen LogP contribution in [0.25, 0.3) is 0 Å². The van der Waals surface area contributed by atoms with E-state index in [9.17, 15) is 4.79 Å². The van der Waals surface area contributed by atoms with Gasteiger partial charge in [-0.2, -0.15) is 0 Å². The Labute approximate surface area is 181 Å². The fourth-order valence-electron chi connectivity index (χ4n) is 3.36. The third-order valence-corrected chi connectivity index (χ3v) is 4.92. The number of ether oxygens (including phenoxy) is 1. The predicted octanol–water partition coefficient (Wildman–Crippen LogP) is 0.994. The maximum absolute atomic E-state index is 12.4. The summed E-state index contributed by atoms with van der Waals surface area (Å²) in [6, 6.07) is 5.82. The molecule has 0 radical (unpaired) electrons. The van der Waals surface area contributed by atoms with Crippen LogP contribution < -0.4 is 10.6 Å². The van der Waals surface area contributed by atoms with Crippen LogP contribution in [0.15, 0.2) is 29.4 Å². The third kappa shape index (κ3) is 9.09. The average Bonchev–Trinajstić information content (AvgIpc) is 2.74. The summed E-state index contributed by atoms with van der Waals surface area (Å²) >= 11 is 0. The first kappa shape index (κ1) is 24.1. The summed E-state index contributed by atoms with van der Waals surface area (Å²) in [6.07, 6.45) is 2.63. The number of nitrogens with zero attached hydrogens (tertiary/aromatic N) is 4. The van der Waals surface area contributed by atoms with E-state index in [1.165, 1.54) is 0 Å². The Morgan fingerprint density at radius 1 is 1.40 bits per heavy atom. The zero-order chi connectivity index (χ0) is 21.8. The lowest BCUT2D eigenvalue weighted by molar-refractivity contribution is -0.128. The number of amides is 1. The van der Waals surface area contributed by atoms with Crippen LogP contribution >= 0.6 is 0 Å². The van der Waals surface area contributed by atoms with Crippen molar-refractivity contribution in [2.24, 2.45) is 10.9 Å². The number of hydrogen-bond acceptors (Lipinski definition) is 5. The Hall–Kier alpha value is -2.19. The predicted molar refractivity (Wildman–Crippen MR) is 121 cm³/mol. The number of pyridine rings is 1. The molecule has 0 aromatic carbocycles. The molecule has 1 aliphatic heterocycles. The van der Waals surface area contributed by atoms with Crippen molar-refractivity contribution in [3.8, 4) is 0 Å². The summed E-state index contributed by atoms with van der Waals surface area (Å²) < 4.78 is 5.89. The Bertz CT molecular complexity index is 652. The molecular weight excluding hydrogens is 380 g/mol. The van der Waals surface area contributed by atoms with Gasteiger partial charge in [0.2, 0.25) is 5.91 Å². The molecule has 1 atom stereocenters. The largest absolute Gasteiger partial charge is 0.374 e. The van der Waals surface area contributed by atoms with Crippen molar-refractivity contribution in [2.75, 3.05) is 59.5 Å². The van der Waals surface area contributed by atoms with E-state index >= 15 is 0 Å². The molecule has 0 saturated carbocycles. The van der Waals surface area contributed by atoms with E-state index in [1.807, 2.05) is 25.1 Å². The van der Waals surface area contributed by atoms with Gasteiger partial charge in [-0.05, 0) is 25.0 Å². The van der Waals surface area contributed by atoms with E-state index in [0.717, 1.165) is 44.9 Å². The van der Waals surface area contributed by atoms with E-state index in [-0.39, 0.29) is 18.6 Å². The molecule has 30 heavy (non-hydrogen) atoms. The van der Waals surface area contributed by atoms with Crippen molar-refractivity contribution in [1.82, 2.24) is 25.4 Å². The molecule has 1 unspecified atom stereocenters. The molecular formula is C22H38N6O2. The smallest absolute Gasteiger partial charge is 0.244 e. The second-order valence-electron chi connectivity index (χ2n) is 8.11. The molecule has 8 heteroatoms. The number of carbonyl (C=O) groups excluding carboxylic acids is 1. The number of morpholine rings is 1. The van der Waals surface area contributed by atoms with E-state index in [2.05, 4.69) is 39.4 Å². The second-order valence-corrected chi connectivity index (χ2v) is 8.11. The van der Waals surface area contributed by atoms with Crippen LogP contribution in [0.2, 0.25) is 0 Å². The van der Waals surface area contributed by atoms with Crippen molar-refractivity contribution >= 4 is 11.9 Å². The van der Waals surface area contributed by atoms with Gasteiger partial charge in [0.25, 0.3) is 0 Å². The third-order valence-electron chi connectivity index (χ3n) is 4.92. The van der Waals surface area contributed by atoms with Gasteiger partial charge in [-0.15, -0.1) is 0 Å². The molecule has 0 spiro atoms. The molecule has 8 nitrogen and oxygen atoms in total. The van der Waals surface area contributed by atoms with Crippen molar-refractivity contribution in [1.29, 1.82) is 0 Å². The highest BCUT2D eigenvalue weighted by Gasteiger charge is 2.21. The van der Waals surface area contributed by atoms with Crippen molar-refractivity contribution in [3.05, 3.63) is 30.1 Å². The summed E-state index contributed by atoms with van der Waals surface area (Å²) in [6.45, 7) is 12.4. The van der Waals surface area contributed by atoms with Crippen LogP contribution in [0, 0.1) is 5.92 Å². The van der Waals surface area contributed by atoms with Gasteiger partial charge >= 0.3 is 0 Å². The van der Waals surface area contributed by atoms with Crippen LogP contribution in [0.1, 0.15) is 26.5 Å². The standard InChI is InChI=1S/C22H38N6O2/c1-5-23-22(25-14-20-17-28(12-13-30-20)16-18(2)3)26-15-21(29)27(4)11-9-19-8-6-7-10-24-19/h6-8,10,18,20H,5,9,11-17H2,1-4H3,(H2,23,25,26). The quantitative estimate of drug-likeness (QED) is 0.436. The van der Waals surface area contributed by atoms with Gasteiger partial charge in [0.05, 0.1) is 12.7 Å². The van der Waals surface area contributed by atoms with Gasteiger partial charge in [0.15, 0.2) is 5.96 Å². The van der Waals surface area contributed by atoms with E-state index in [1.54, 1.807) is 18.1 Å². The lowest BCUT2D eigenvalue weighted by Gasteiger charge is -2.34. The number of likely N-dealkylation sites (N-methyl/N-ethyl adjacent to an activating group) is 1. The summed E-state index contributed by atoms with van der Waals surface area (Å²) in [4.78, 5) is 25.3. The Balaban J connectivity index is 1.77. The van der Waals surface area contributed by atoms with E-state index < -0.39 is 0 Å². The SMILES string of the molecule is CCNC(=NCC(=O)N(C)CCc1ccccn1)NCC1CN(CC(C)C)CCO1. The fourth-order valence-corrected chi connectivity index (χ4v) is 3.36. The molecule has 1 aromatic rings. The number of aromatic nitrogens is 1. The van der Waals surface area contributed by atoms with Gasteiger partial charge < -0.3 is 20.3 Å². The summed E-state index contributed by atoms with van der Waals surface area (Å²) in [5, 5.41) is 6.53. The normalized spacial score (nSPS) is 17.8. The van der Waals surface area contributed by atoms with Crippen LogP contribution in [0.3, 0.4) is 0 Å². The van der Waals surface area contributed by atoms with Gasteiger partial charge in [-0.25, -0.2) is 4.99 Å².